The van der Waals surface area contributed by atoms with Gasteiger partial charge in [-0.25, -0.2) is 4.39 Å². The predicted octanol–water partition coefficient (Wildman–Crippen LogP) is 2.11. The number of carbonyl (C=O) groups is 3. The first-order chi connectivity index (χ1) is 13.0. The lowest BCUT2D eigenvalue weighted by Gasteiger charge is -2.16. The van der Waals surface area contributed by atoms with Gasteiger partial charge in [-0.2, -0.15) is 0 Å². The minimum atomic E-state index is -0.738. The summed E-state index contributed by atoms with van der Waals surface area (Å²) >= 11 is 0. The number of hydrogen-bond acceptors (Lipinski definition) is 4. The lowest BCUT2D eigenvalue weighted by Crippen LogP contribution is -2.33. The van der Waals surface area contributed by atoms with E-state index in [4.69, 9.17) is 4.74 Å². The summed E-state index contributed by atoms with van der Waals surface area (Å²) in [5, 5.41) is 2.47. The summed E-state index contributed by atoms with van der Waals surface area (Å²) in [5.74, 6) is -2.07. The zero-order valence-electron chi connectivity index (χ0n) is 14.4. The summed E-state index contributed by atoms with van der Waals surface area (Å²) in [6.45, 7) is 2.96. The monoisotopic (exact) mass is 368 g/mol. The van der Waals surface area contributed by atoms with Gasteiger partial charge in [0.2, 0.25) is 0 Å². The quantitative estimate of drug-likeness (QED) is 0.793. The molecule has 2 aromatic carbocycles. The number of benzene rings is 2. The Morgan fingerprint density at radius 3 is 2.44 bits per heavy atom. The van der Waals surface area contributed by atoms with Gasteiger partial charge in [-0.15, -0.1) is 0 Å². The van der Waals surface area contributed by atoms with Crippen LogP contribution in [0.3, 0.4) is 0 Å². The topological polar surface area (TPSA) is 75.7 Å². The number of esters is 1. The molecule has 2 aromatic rings. The van der Waals surface area contributed by atoms with Crippen LogP contribution in [-0.4, -0.2) is 35.8 Å². The predicted molar refractivity (Wildman–Crippen MR) is 95.7 cm³/mol. The van der Waals surface area contributed by atoms with Crippen molar-refractivity contribution in [1.82, 2.24) is 10.2 Å². The highest BCUT2D eigenvalue weighted by Crippen LogP contribution is 2.30. The molecular weight excluding hydrogens is 351 g/mol. The molecule has 6 nitrogen and oxygen atoms in total. The molecule has 1 aliphatic rings. The molecule has 0 spiro atoms. The van der Waals surface area contributed by atoms with Gasteiger partial charge < -0.3 is 10.1 Å². The van der Waals surface area contributed by atoms with Crippen LogP contribution in [0, 0.1) is 5.82 Å². The van der Waals surface area contributed by atoms with Gasteiger partial charge in [0.05, 0.1) is 0 Å². The van der Waals surface area contributed by atoms with Gasteiger partial charge in [-0.1, -0.05) is 43.0 Å². The molecule has 0 aromatic heterocycles. The number of halogens is 1. The zero-order valence-corrected chi connectivity index (χ0v) is 14.4. The van der Waals surface area contributed by atoms with Gasteiger partial charge >= 0.3 is 5.97 Å². The first-order valence-corrected chi connectivity index (χ1v) is 8.23. The molecule has 0 saturated carbocycles. The Labute approximate surface area is 155 Å². The summed E-state index contributed by atoms with van der Waals surface area (Å²) in [5.41, 5.74) is 1.88. The summed E-state index contributed by atoms with van der Waals surface area (Å²) < 4.78 is 18.4. The van der Waals surface area contributed by atoms with Crippen LogP contribution in [0.5, 0.6) is 0 Å². The third-order valence-electron chi connectivity index (χ3n) is 4.12. The second-order valence-electron chi connectivity index (χ2n) is 5.91. The van der Waals surface area contributed by atoms with Crippen molar-refractivity contribution in [1.29, 1.82) is 0 Å². The molecule has 0 unspecified atom stereocenters. The third-order valence-corrected chi connectivity index (χ3v) is 4.12. The Morgan fingerprint density at radius 2 is 1.74 bits per heavy atom. The fraction of sp³-hybridized carbons (Fsp3) is 0.150. The van der Waals surface area contributed by atoms with Gasteiger partial charge in [0, 0.05) is 28.9 Å². The summed E-state index contributed by atoms with van der Waals surface area (Å²) in [6.07, 6.45) is 0. The highest BCUT2D eigenvalue weighted by Gasteiger charge is 2.32. The van der Waals surface area contributed by atoms with Crippen molar-refractivity contribution in [2.75, 3.05) is 13.2 Å². The molecule has 3 rings (SSSR count). The highest BCUT2D eigenvalue weighted by atomic mass is 19.1. The molecule has 0 fully saturated rings. The summed E-state index contributed by atoms with van der Waals surface area (Å²) in [4.78, 5) is 37.3. The molecule has 7 heteroatoms. The molecule has 0 bridgehead atoms. The maximum absolute atomic E-state index is 13.5. The van der Waals surface area contributed by atoms with Crippen LogP contribution in [0.15, 0.2) is 55.1 Å². The number of rotatable bonds is 6. The minimum Gasteiger partial charge on any atom is -0.454 e. The molecule has 0 saturated heterocycles. The maximum Gasteiger partial charge on any atom is 0.326 e. The fourth-order valence-electron chi connectivity index (χ4n) is 2.71. The van der Waals surface area contributed by atoms with E-state index >= 15 is 0 Å². The molecule has 2 amide bonds. The lowest BCUT2D eigenvalue weighted by molar-refractivity contribution is -0.148. The van der Waals surface area contributed by atoms with Crippen molar-refractivity contribution >= 4 is 23.5 Å². The second kappa shape index (κ2) is 7.82. The van der Waals surface area contributed by atoms with E-state index in [2.05, 4.69) is 11.9 Å². The van der Waals surface area contributed by atoms with Gasteiger partial charge in [-0.05, 0) is 12.1 Å². The SMILES string of the molecule is C=C1c2ccccc2C(=O)N1CC(=O)OCC(=O)NCc1ccccc1F. The van der Waals surface area contributed by atoms with E-state index < -0.39 is 24.3 Å². The molecule has 138 valence electrons. The molecule has 1 aliphatic heterocycles. The number of fused-ring (bicyclic) bond motifs is 1. The number of hydrogen-bond donors (Lipinski definition) is 1. The number of ether oxygens (including phenoxy) is 1. The van der Waals surface area contributed by atoms with E-state index in [1.54, 1.807) is 42.5 Å². The first kappa shape index (κ1) is 18.3. The Hall–Kier alpha value is -3.48. The van der Waals surface area contributed by atoms with Gasteiger partial charge in [0.1, 0.15) is 12.4 Å². The van der Waals surface area contributed by atoms with E-state index in [1.807, 2.05) is 0 Å². The van der Waals surface area contributed by atoms with Crippen LogP contribution < -0.4 is 5.32 Å². The van der Waals surface area contributed by atoms with E-state index in [9.17, 15) is 18.8 Å². The Bertz CT molecular complexity index is 891. The second-order valence-corrected chi connectivity index (χ2v) is 5.91. The minimum absolute atomic E-state index is 0.0141. The normalized spacial score (nSPS) is 12.7. The number of nitrogens with zero attached hydrogens (tertiary/aromatic N) is 1. The molecule has 1 heterocycles. The van der Waals surface area contributed by atoms with Crippen LogP contribution in [0.2, 0.25) is 0 Å². The highest BCUT2D eigenvalue weighted by molar-refractivity contribution is 6.10. The van der Waals surface area contributed by atoms with E-state index in [-0.39, 0.29) is 19.0 Å². The molecule has 1 N–H and O–H groups in total. The lowest BCUT2D eigenvalue weighted by atomic mass is 10.1. The van der Waals surface area contributed by atoms with Crippen molar-refractivity contribution in [3.63, 3.8) is 0 Å². The van der Waals surface area contributed by atoms with Crippen LogP contribution in [-0.2, 0) is 20.9 Å². The van der Waals surface area contributed by atoms with E-state index in [0.717, 1.165) is 0 Å². The molecular formula is C20H17FN2O4. The summed E-state index contributed by atoms with van der Waals surface area (Å²) in [7, 11) is 0. The van der Waals surface area contributed by atoms with Crippen LogP contribution in [0.1, 0.15) is 21.5 Å². The standard InChI is InChI=1S/C20H17FN2O4/c1-13-15-7-3-4-8-16(15)20(26)23(13)11-19(25)27-12-18(24)22-10-14-6-2-5-9-17(14)21/h2-9H,1,10-12H2,(H,22,24). The average molecular weight is 368 g/mol. The maximum atomic E-state index is 13.5. The first-order valence-electron chi connectivity index (χ1n) is 8.23. The molecule has 27 heavy (non-hydrogen) atoms. The zero-order chi connectivity index (χ0) is 19.4. The van der Waals surface area contributed by atoms with Crippen LogP contribution >= 0.6 is 0 Å². The third kappa shape index (κ3) is 4.03. The van der Waals surface area contributed by atoms with Crippen molar-refractivity contribution in [2.45, 2.75) is 6.54 Å². The number of nitrogens with one attached hydrogen (secondary N) is 1. The number of amides is 2. The van der Waals surface area contributed by atoms with Crippen molar-refractivity contribution in [3.05, 3.63) is 77.6 Å². The average Bonchev–Trinajstić information content (AvgIpc) is 2.91. The van der Waals surface area contributed by atoms with Crippen LogP contribution in [0.25, 0.3) is 5.70 Å². The fourth-order valence-corrected chi connectivity index (χ4v) is 2.71. The van der Waals surface area contributed by atoms with Crippen molar-refractivity contribution < 1.29 is 23.5 Å². The van der Waals surface area contributed by atoms with Gasteiger partial charge in [-0.3, -0.25) is 19.3 Å². The smallest absolute Gasteiger partial charge is 0.326 e. The molecule has 0 atom stereocenters. The largest absolute Gasteiger partial charge is 0.454 e. The Balaban J connectivity index is 1.48. The van der Waals surface area contributed by atoms with E-state index in [1.165, 1.54) is 11.0 Å². The van der Waals surface area contributed by atoms with Gasteiger partial charge in [0.25, 0.3) is 11.8 Å². The molecule has 0 aliphatic carbocycles. The van der Waals surface area contributed by atoms with E-state index in [0.29, 0.717) is 22.4 Å². The molecule has 0 radical (unpaired) electrons. The Kier molecular flexibility index (Phi) is 5.30. The Morgan fingerprint density at radius 1 is 1.07 bits per heavy atom. The van der Waals surface area contributed by atoms with Crippen LogP contribution in [0.4, 0.5) is 4.39 Å². The van der Waals surface area contributed by atoms with Crippen molar-refractivity contribution in [2.24, 2.45) is 0 Å². The van der Waals surface area contributed by atoms with Gasteiger partial charge in [0.15, 0.2) is 6.61 Å². The summed E-state index contributed by atoms with van der Waals surface area (Å²) in [6, 6.07) is 13.0. The van der Waals surface area contributed by atoms with Crippen molar-refractivity contribution in [3.8, 4) is 0 Å². The number of carbonyl (C=O) groups excluding carboxylic acids is 3.